The van der Waals surface area contributed by atoms with Crippen molar-refractivity contribution in [3.63, 3.8) is 0 Å². The summed E-state index contributed by atoms with van der Waals surface area (Å²) in [5.74, 6) is -1.20. The Hall–Kier alpha value is -2.61. The highest BCUT2D eigenvalue weighted by molar-refractivity contribution is 5.81. The van der Waals surface area contributed by atoms with Crippen molar-refractivity contribution in [2.24, 2.45) is 0 Å². The molecule has 1 amide bonds. The number of fused-ring (bicyclic) bond motifs is 1. The molecule has 25 heavy (non-hydrogen) atoms. The first-order valence-electron chi connectivity index (χ1n) is 8.33. The van der Waals surface area contributed by atoms with Crippen LogP contribution in [0.5, 0.6) is 0 Å². The SMILES string of the molecule is O=C(O)CCN(C(=O)Cn1c(=O)[nH]c2ccccc21)C1CCOCC1. The van der Waals surface area contributed by atoms with E-state index in [1.54, 1.807) is 23.1 Å². The number of hydrogen-bond acceptors (Lipinski definition) is 4. The number of nitrogens with zero attached hydrogens (tertiary/aromatic N) is 2. The number of aromatic nitrogens is 2. The second kappa shape index (κ2) is 7.52. The summed E-state index contributed by atoms with van der Waals surface area (Å²) in [6.45, 7) is 1.12. The van der Waals surface area contributed by atoms with Crippen LogP contribution in [-0.4, -0.2) is 57.2 Å². The van der Waals surface area contributed by atoms with E-state index in [4.69, 9.17) is 9.84 Å². The highest BCUT2D eigenvalue weighted by Gasteiger charge is 2.27. The van der Waals surface area contributed by atoms with Crippen LogP contribution in [0.1, 0.15) is 19.3 Å². The molecule has 0 unspecified atom stereocenters. The molecule has 2 aromatic rings. The van der Waals surface area contributed by atoms with E-state index in [0.29, 0.717) is 37.1 Å². The molecule has 2 N–H and O–H groups in total. The third kappa shape index (κ3) is 3.90. The van der Waals surface area contributed by atoms with E-state index >= 15 is 0 Å². The standard InChI is InChI=1S/C17H21N3O5/c21-15(11-20-14-4-2-1-3-13(14)18-17(20)24)19(8-5-16(22)23)12-6-9-25-10-7-12/h1-4,12H,5-11H2,(H,18,24)(H,22,23). The molecular weight excluding hydrogens is 326 g/mol. The highest BCUT2D eigenvalue weighted by atomic mass is 16.5. The minimum atomic E-state index is -0.950. The molecule has 134 valence electrons. The zero-order chi connectivity index (χ0) is 17.8. The molecule has 0 bridgehead atoms. The van der Waals surface area contributed by atoms with Gasteiger partial charge in [0.2, 0.25) is 5.91 Å². The van der Waals surface area contributed by atoms with Crippen molar-refractivity contribution in [2.75, 3.05) is 19.8 Å². The number of carboxylic acid groups (broad SMARTS) is 1. The van der Waals surface area contributed by atoms with Crippen LogP contribution in [-0.2, 0) is 20.9 Å². The van der Waals surface area contributed by atoms with Gasteiger partial charge in [0.05, 0.1) is 17.5 Å². The van der Waals surface area contributed by atoms with Gasteiger partial charge in [0.1, 0.15) is 6.54 Å². The van der Waals surface area contributed by atoms with E-state index in [9.17, 15) is 14.4 Å². The number of hydrogen-bond donors (Lipinski definition) is 2. The number of ether oxygens (including phenoxy) is 1. The van der Waals surface area contributed by atoms with Crippen molar-refractivity contribution in [1.29, 1.82) is 0 Å². The maximum atomic E-state index is 12.8. The van der Waals surface area contributed by atoms with Crippen molar-refractivity contribution in [1.82, 2.24) is 14.5 Å². The van der Waals surface area contributed by atoms with Gasteiger partial charge in [-0.3, -0.25) is 14.2 Å². The number of para-hydroxylation sites is 2. The van der Waals surface area contributed by atoms with Gasteiger partial charge < -0.3 is 19.7 Å². The monoisotopic (exact) mass is 347 g/mol. The molecule has 0 radical (unpaired) electrons. The molecular formula is C17H21N3O5. The third-order valence-electron chi connectivity index (χ3n) is 4.49. The minimum absolute atomic E-state index is 0.0542. The molecule has 3 rings (SSSR count). The number of amides is 1. The fourth-order valence-electron chi connectivity index (χ4n) is 3.21. The smallest absolute Gasteiger partial charge is 0.326 e. The molecule has 0 atom stereocenters. The summed E-state index contributed by atoms with van der Waals surface area (Å²) in [6, 6.07) is 7.11. The van der Waals surface area contributed by atoms with E-state index in [1.807, 2.05) is 6.07 Å². The summed E-state index contributed by atoms with van der Waals surface area (Å²) in [7, 11) is 0. The molecule has 1 aromatic heterocycles. The average Bonchev–Trinajstić information content (AvgIpc) is 2.91. The molecule has 8 heteroatoms. The van der Waals surface area contributed by atoms with Crippen molar-refractivity contribution in [2.45, 2.75) is 31.8 Å². The normalized spacial score (nSPS) is 15.4. The van der Waals surface area contributed by atoms with Gasteiger partial charge in [-0.15, -0.1) is 0 Å². The number of benzene rings is 1. The lowest BCUT2D eigenvalue weighted by Gasteiger charge is -2.34. The molecule has 1 saturated heterocycles. The molecule has 0 saturated carbocycles. The topological polar surface area (TPSA) is 105 Å². The zero-order valence-electron chi connectivity index (χ0n) is 13.8. The molecule has 1 aliphatic rings. The highest BCUT2D eigenvalue weighted by Crippen LogP contribution is 2.17. The molecule has 0 spiro atoms. The van der Waals surface area contributed by atoms with Crippen molar-refractivity contribution < 1.29 is 19.4 Å². The van der Waals surface area contributed by atoms with Crippen LogP contribution in [0.25, 0.3) is 11.0 Å². The summed E-state index contributed by atoms with van der Waals surface area (Å²) in [4.78, 5) is 40.2. The van der Waals surface area contributed by atoms with Gasteiger partial charge in [0.25, 0.3) is 0 Å². The van der Waals surface area contributed by atoms with Gasteiger partial charge in [0, 0.05) is 25.8 Å². The van der Waals surface area contributed by atoms with Crippen LogP contribution < -0.4 is 5.69 Å². The van der Waals surface area contributed by atoms with Crippen LogP contribution in [0.3, 0.4) is 0 Å². The van der Waals surface area contributed by atoms with Gasteiger partial charge in [-0.05, 0) is 25.0 Å². The third-order valence-corrected chi connectivity index (χ3v) is 4.49. The van der Waals surface area contributed by atoms with E-state index < -0.39 is 5.97 Å². The number of rotatable bonds is 6. The Bertz CT molecular complexity index is 819. The second-order valence-electron chi connectivity index (χ2n) is 6.11. The first-order valence-corrected chi connectivity index (χ1v) is 8.33. The maximum absolute atomic E-state index is 12.8. The van der Waals surface area contributed by atoms with E-state index in [2.05, 4.69) is 4.98 Å². The minimum Gasteiger partial charge on any atom is -0.481 e. The molecule has 1 fully saturated rings. The summed E-state index contributed by atoms with van der Waals surface area (Å²) in [6.07, 6.45) is 1.23. The Morgan fingerprint density at radius 2 is 2.00 bits per heavy atom. The molecule has 1 aromatic carbocycles. The quantitative estimate of drug-likeness (QED) is 0.805. The summed E-state index contributed by atoms with van der Waals surface area (Å²) < 4.78 is 6.72. The zero-order valence-corrected chi connectivity index (χ0v) is 13.8. The number of carbonyl (C=O) groups excluding carboxylic acids is 1. The van der Waals surface area contributed by atoms with Crippen molar-refractivity contribution in [3.8, 4) is 0 Å². The Kier molecular flexibility index (Phi) is 5.18. The number of nitrogens with one attached hydrogen (secondary N) is 1. The number of carboxylic acids is 1. The van der Waals surface area contributed by atoms with E-state index in [1.165, 1.54) is 4.57 Å². The van der Waals surface area contributed by atoms with E-state index in [-0.39, 0.29) is 37.1 Å². The fourth-order valence-corrected chi connectivity index (χ4v) is 3.21. The Balaban J connectivity index is 1.82. The molecule has 8 nitrogen and oxygen atoms in total. The van der Waals surface area contributed by atoms with Crippen LogP contribution >= 0.6 is 0 Å². The van der Waals surface area contributed by atoms with Gasteiger partial charge in [-0.25, -0.2) is 4.79 Å². The van der Waals surface area contributed by atoms with Crippen LogP contribution in [0.4, 0.5) is 0 Å². The van der Waals surface area contributed by atoms with Crippen LogP contribution in [0.2, 0.25) is 0 Å². The number of imidazole rings is 1. The summed E-state index contributed by atoms with van der Waals surface area (Å²) in [5, 5.41) is 8.96. The van der Waals surface area contributed by atoms with Crippen molar-refractivity contribution >= 4 is 22.9 Å². The first kappa shape index (κ1) is 17.2. The van der Waals surface area contributed by atoms with Gasteiger partial charge in [-0.1, -0.05) is 12.1 Å². The maximum Gasteiger partial charge on any atom is 0.326 e. The number of carbonyl (C=O) groups is 2. The summed E-state index contributed by atoms with van der Waals surface area (Å²) in [5.41, 5.74) is 0.981. The number of H-pyrrole nitrogens is 1. The van der Waals surface area contributed by atoms with E-state index in [0.717, 1.165) is 0 Å². The largest absolute Gasteiger partial charge is 0.481 e. The van der Waals surface area contributed by atoms with Gasteiger partial charge in [-0.2, -0.15) is 0 Å². The second-order valence-corrected chi connectivity index (χ2v) is 6.11. The first-order chi connectivity index (χ1) is 12.1. The van der Waals surface area contributed by atoms with Gasteiger partial charge in [0.15, 0.2) is 0 Å². The predicted molar refractivity (Wildman–Crippen MR) is 90.4 cm³/mol. The lowest BCUT2D eigenvalue weighted by Crippen LogP contribution is -2.46. The number of aliphatic carboxylic acids is 1. The molecule has 0 aliphatic carbocycles. The predicted octanol–water partition coefficient (Wildman–Crippen LogP) is 0.812. The molecule has 2 heterocycles. The fraction of sp³-hybridized carbons (Fsp3) is 0.471. The average molecular weight is 347 g/mol. The lowest BCUT2D eigenvalue weighted by atomic mass is 10.1. The van der Waals surface area contributed by atoms with Crippen LogP contribution in [0.15, 0.2) is 29.1 Å². The van der Waals surface area contributed by atoms with Crippen molar-refractivity contribution in [3.05, 3.63) is 34.7 Å². The van der Waals surface area contributed by atoms with Gasteiger partial charge >= 0.3 is 11.7 Å². The lowest BCUT2D eigenvalue weighted by molar-refractivity contribution is -0.140. The van der Waals surface area contributed by atoms with Crippen LogP contribution in [0, 0.1) is 0 Å². The number of aromatic amines is 1. The molecule has 1 aliphatic heterocycles. The Morgan fingerprint density at radius 3 is 2.72 bits per heavy atom. The summed E-state index contributed by atoms with van der Waals surface area (Å²) >= 11 is 0. The Morgan fingerprint density at radius 1 is 1.28 bits per heavy atom. The Labute approximate surface area is 144 Å².